The molecule has 0 aromatic heterocycles. The smallest absolute Gasteiger partial charge is 0.225 e. The van der Waals surface area contributed by atoms with Crippen LogP contribution < -0.4 is 5.32 Å². The second kappa shape index (κ2) is 3.76. The molecule has 3 heteroatoms. The van der Waals surface area contributed by atoms with E-state index >= 15 is 0 Å². The zero-order valence-electron chi connectivity index (χ0n) is 11.1. The van der Waals surface area contributed by atoms with Crippen molar-refractivity contribution in [2.45, 2.75) is 47.6 Å². The van der Waals surface area contributed by atoms with Crippen LogP contribution in [0.15, 0.2) is 0 Å². The number of carbonyl (C=O) groups is 1. The van der Waals surface area contributed by atoms with E-state index in [0.717, 1.165) is 0 Å². The minimum Gasteiger partial charge on any atom is -0.340 e. The minimum atomic E-state index is -0.375. The van der Waals surface area contributed by atoms with Gasteiger partial charge in [-0.2, -0.15) is 5.26 Å². The number of carbonyl (C=O) groups excluding carboxylic acids is 1. The van der Waals surface area contributed by atoms with Gasteiger partial charge in [0.25, 0.3) is 0 Å². The Labute approximate surface area is 98.2 Å². The molecular formula is C13H22N2O. The maximum Gasteiger partial charge on any atom is 0.225 e. The summed E-state index contributed by atoms with van der Waals surface area (Å²) >= 11 is 0. The molecule has 0 heterocycles. The zero-order chi connectivity index (χ0) is 12.7. The van der Waals surface area contributed by atoms with Crippen LogP contribution >= 0.6 is 0 Å². The van der Waals surface area contributed by atoms with Gasteiger partial charge in [-0.05, 0) is 16.7 Å². The topological polar surface area (TPSA) is 52.9 Å². The fourth-order valence-electron chi connectivity index (χ4n) is 2.44. The molecule has 0 saturated heterocycles. The molecule has 90 valence electrons. The average molecular weight is 222 g/mol. The lowest BCUT2D eigenvalue weighted by atomic mass is 10.0. The molecule has 0 aromatic carbocycles. The highest BCUT2D eigenvalue weighted by molar-refractivity contribution is 5.84. The summed E-state index contributed by atoms with van der Waals surface area (Å²) in [6.07, 6.45) is 0. The maximum absolute atomic E-state index is 12.0. The van der Waals surface area contributed by atoms with E-state index in [1.54, 1.807) is 0 Å². The normalized spacial score (nSPS) is 23.6. The molecule has 1 aliphatic carbocycles. The fourth-order valence-corrected chi connectivity index (χ4v) is 2.44. The molecule has 1 N–H and O–H groups in total. The van der Waals surface area contributed by atoms with E-state index in [1.165, 1.54) is 0 Å². The summed E-state index contributed by atoms with van der Waals surface area (Å²) in [5.74, 6) is 0.198. The Morgan fingerprint density at radius 2 is 1.69 bits per heavy atom. The van der Waals surface area contributed by atoms with Crippen molar-refractivity contribution in [3.63, 3.8) is 0 Å². The molecule has 0 aliphatic heterocycles. The van der Waals surface area contributed by atoms with Crippen LogP contribution in [0.2, 0.25) is 0 Å². The summed E-state index contributed by atoms with van der Waals surface area (Å²) < 4.78 is 0. The highest BCUT2D eigenvalue weighted by Gasteiger charge is 2.68. The van der Waals surface area contributed by atoms with Gasteiger partial charge in [-0.15, -0.1) is 0 Å². The van der Waals surface area contributed by atoms with Crippen molar-refractivity contribution in [2.75, 3.05) is 0 Å². The van der Waals surface area contributed by atoms with Crippen LogP contribution in [0.3, 0.4) is 0 Å². The molecule has 0 radical (unpaired) electrons. The van der Waals surface area contributed by atoms with Gasteiger partial charge in [0.05, 0.1) is 6.07 Å². The Balaban J connectivity index is 2.67. The Morgan fingerprint density at radius 1 is 1.25 bits per heavy atom. The average Bonchev–Trinajstić information content (AvgIpc) is 2.52. The van der Waals surface area contributed by atoms with Crippen LogP contribution in [-0.2, 0) is 4.79 Å². The van der Waals surface area contributed by atoms with Crippen molar-refractivity contribution in [3.8, 4) is 6.07 Å². The van der Waals surface area contributed by atoms with Gasteiger partial charge in [-0.1, -0.05) is 41.5 Å². The van der Waals surface area contributed by atoms with E-state index in [2.05, 4.69) is 39.1 Å². The summed E-state index contributed by atoms with van der Waals surface area (Å²) in [4.78, 5) is 12.0. The van der Waals surface area contributed by atoms with Crippen molar-refractivity contribution >= 4 is 5.91 Å². The first-order valence-corrected chi connectivity index (χ1v) is 5.86. The third-order valence-corrected chi connectivity index (χ3v) is 4.39. The summed E-state index contributed by atoms with van der Waals surface area (Å²) in [5.41, 5.74) is 0.0716. The lowest BCUT2D eigenvalue weighted by Gasteiger charge is -2.15. The van der Waals surface area contributed by atoms with Crippen LogP contribution in [0.5, 0.6) is 0 Å². The predicted octanol–water partition coefficient (Wildman–Crippen LogP) is 2.33. The molecule has 1 saturated carbocycles. The maximum atomic E-state index is 12.0. The predicted molar refractivity (Wildman–Crippen MR) is 63.4 cm³/mol. The summed E-state index contributed by atoms with van der Waals surface area (Å²) in [7, 11) is 0. The quantitative estimate of drug-likeness (QED) is 0.796. The number of rotatable bonds is 3. The second-order valence-electron chi connectivity index (χ2n) is 6.24. The van der Waals surface area contributed by atoms with Gasteiger partial charge in [-0.25, -0.2) is 0 Å². The van der Waals surface area contributed by atoms with Gasteiger partial charge >= 0.3 is 0 Å². The van der Waals surface area contributed by atoms with Gasteiger partial charge < -0.3 is 5.32 Å². The third kappa shape index (κ3) is 1.81. The van der Waals surface area contributed by atoms with E-state index in [-0.39, 0.29) is 34.6 Å². The Kier molecular flexibility index (Phi) is 3.06. The fraction of sp³-hybridized carbons (Fsp3) is 0.846. The number of hydrogen-bond acceptors (Lipinski definition) is 2. The van der Waals surface area contributed by atoms with E-state index < -0.39 is 0 Å². The van der Waals surface area contributed by atoms with Gasteiger partial charge in [0.15, 0.2) is 0 Å². The molecule has 1 aliphatic rings. The molecule has 0 bridgehead atoms. The lowest BCUT2D eigenvalue weighted by Crippen LogP contribution is -2.39. The van der Waals surface area contributed by atoms with Gasteiger partial charge in [0.2, 0.25) is 5.91 Å². The van der Waals surface area contributed by atoms with E-state index in [1.807, 2.05) is 13.8 Å². The van der Waals surface area contributed by atoms with Gasteiger partial charge in [0.1, 0.15) is 6.04 Å². The summed E-state index contributed by atoms with van der Waals surface area (Å²) in [5, 5.41) is 11.8. The molecule has 1 amide bonds. The monoisotopic (exact) mass is 222 g/mol. The Bertz CT molecular complexity index is 322. The second-order valence-corrected chi connectivity index (χ2v) is 6.24. The zero-order valence-corrected chi connectivity index (χ0v) is 11.1. The number of hydrogen-bond donors (Lipinski definition) is 1. The van der Waals surface area contributed by atoms with E-state index in [9.17, 15) is 4.79 Å². The minimum absolute atomic E-state index is 0.0228. The van der Waals surface area contributed by atoms with Crippen molar-refractivity contribution in [2.24, 2.45) is 22.7 Å². The molecule has 0 aromatic rings. The first kappa shape index (κ1) is 13.0. The molecule has 1 rings (SSSR count). The standard InChI is InChI=1S/C13H22N2O/c1-8(2)9(7-14)15-11(16)10-12(3,4)13(10,5)6/h8-10H,1-6H3,(H,15,16). The van der Waals surface area contributed by atoms with Gasteiger partial charge in [0, 0.05) is 5.92 Å². The first-order chi connectivity index (χ1) is 7.16. The van der Waals surface area contributed by atoms with Gasteiger partial charge in [-0.3, -0.25) is 4.79 Å². The van der Waals surface area contributed by atoms with Crippen LogP contribution in [-0.4, -0.2) is 11.9 Å². The Morgan fingerprint density at radius 3 is 1.94 bits per heavy atom. The highest BCUT2D eigenvalue weighted by atomic mass is 16.2. The van der Waals surface area contributed by atoms with Crippen LogP contribution in [0.4, 0.5) is 0 Å². The molecule has 1 atom stereocenters. The van der Waals surface area contributed by atoms with Crippen molar-refractivity contribution in [1.82, 2.24) is 5.32 Å². The van der Waals surface area contributed by atoms with Crippen LogP contribution in [0, 0.1) is 34.0 Å². The van der Waals surface area contributed by atoms with Crippen LogP contribution in [0.25, 0.3) is 0 Å². The van der Waals surface area contributed by atoms with E-state index in [4.69, 9.17) is 5.26 Å². The third-order valence-electron chi connectivity index (χ3n) is 4.39. The first-order valence-electron chi connectivity index (χ1n) is 5.86. The van der Waals surface area contributed by atoms with Crippen molar-refractivity contribution in [1.29, 1.82) is 5.26 Å². The number of nitrogens with one attached hydrogen (secondary N) is 1. The molecule has 3 nitrogen and oxygen atoms in total. The summed E-state index contributed by atoms with van der Waals surface area (Å²) in [6, 6.07) is 1.76. The number of amides is 1. The highest BCUT2D eigenvalue weighted by Crippen LogP contribution is 2.68. The molecule has 1 unspecified atom stereocenters. The van der Waals surface area contributed by atoms with Crippen molar-refractivity contribution < 1.29 is 4.79 Å². The largest absolute Gasteiger partial charge is 0.340 e. The summed E-state index contributed by atoms with van der Waals surface area (Å²) in [6.45, 7) is 12.3. The molecular weight excluding hydrogens is 200 g/mol. The molecule has 0 spiro atoms. The SMILES string of the molecule is CC(C)C(C#N)NC(=O)C1C(C)(C)C1(C)C. The van der Waals surface area contributed by atoms with E-state index in [0.29, 0.717) is 0 Å². The lowest BCUT2D eigenvalue weighted by molar-refractivity contribution is -0.124. The molecule has 1 fully saturated rings. The van der Waals surface area contributed by atoms with Crippen molar-refractivity contribution in [3.05, 3.63) is 0 Å². The number of nitriles is 1. The molecule has 16 heavy (non-hydrogen) atoms. The number of nitrogens with zero attached hydrogens (tertiary/aromatic N) is 1. The van der Waals surface area contributed by atoms with Crippen LogP contribution in [0.1, 0.15) is 41.5 Å². The Hall–Kier alpha value is -1.04.